The first kappa shape index (κ1) is 19.6. The zero-order chi connectivity index (χ0) is 19.9. The zero-order valence-electron chi connectivity index (χ0n) is 15.3. The SMILES string of the molecule is O=C(CCc1ccc(C(=O)O)cc1)Nc1ccc(NC(=O)C2CCCO2)cc1. The third-order valence-corrected chi connectivity index (χ3v) is 4.50. The zero-order valence-corrected chi connectivity index (χ0v) is 15.3. The maximum atomic E-state index is 12.1. The van der Waals surface area contributed by atoms with Gasteiger partial charge in [0.05, 0.1) is 5.56 Å². The first-order valence-corrected chi connectivity index (χ1v) is 9.16. The minimum absolute atomic E-state index is 0.140. The number of aryl methyl sites for hydroxylation is 1. The van der Waals surface area contributed by atoms with Crippen LogP contribution >= 0.6 is 0 Å². The molecule has 0 radical (unpaired) electrons. The van der Waals surface area contributed by atoms with E-state index in [1.54, 1.807) is 36.4 Å². The molecule has 3 N–H and O–H groups in total. The lowest BCUT2D eigenvalue weighted by molar-refractivity contribution is -0.124. The van der Waals surface area contributed by atoms with E-state index in [0.717, 1.165) is 18.4 Å². The quantitative estimate of drug-likeness (QED) is 0.683. The summed E-state index contributed by atoms with van der Waals surface area (Å²) in [5.41, 5.74) is 2.41. The largest absolute Gasteiger partial charge is 0.478 e. The van der Waals surface area contributed by atoms with Crippen LogP contribution in [0, 0.1) is 0 Å². The Kier molecular flexibility index (Phi) is 6.39. The highest BCUT2D eigenvalue weighted by Gasteiger charge is 2.23. The van der Waals surface area contributed by atoms with E-state index in [1.807, 2.05) is 0 Å². The second kappa shape index (κ2) is 9.14. The van der Waals surface area contributed by atoms with E-state index in [2.05, 4.69) is 10.6 Å². The van der Waals surface area contributed by atoms with Crippen LogP contribution in [0.15, 0.2) is 48.5 Å². The summed E-state index contributed by atoms with van der Waals surface area (Å²) in [6, 6.07) is 13.4. The molecule has 0 aromatic heterocycles. The number of aromatic carboxylic acids is 1. The van der Waals surface area contributed by atoms with Crippen LogP contribution in [0.25, 0.3) is 0 Å². The summed E-state index contributed by atoms with van der Waals surface area (Å²) in [6.07, 6.45) is 2.04. The van der Waals surface area contributed by atoms with Crippen molar-refractivity contribution < 1.29 is 24.2 Å². The summed E-state index contributed by atoms with van der Waals surface area (Å²) < 4.78 is 5.35. The molecule has 0 bridgehead atoms. The van der Waals surface area contributed by atoms with Crippen molar-refractivity contribution >= 4 is 29.2 Å². The van der Waals surface area contributed by atoms with Crippen molar-refractivity contribution in [3.8, 4) is 0 Å². The number of hydrogen-bond donors (Lipinski definition) is 3. The van der Waals surface area contributed by atoms with E-state index in [1.165, 1.54) is 12.1 Å². The van der Waals surface area contributed by atoms with Crippen LogP contribution in [0.4, 0.5) is 11.4 Å². The van der Waals surface area contributed by atoms with Crippen LogP contribution in [0.5, 0.6) is 0 Å². The predicted octanol–water partition coefficient (Wildman–Crippen LogP) is 3.07. The fourth-order valence-corrected chi connectivity index (χ4v) is 2.94. The number of carbonyl (C=O) groups is 3. The number of hydrogen-bond acceptors (Lipinski definition) is 4. The van der Waals surface area contributed by atoms with Crippen LogP contribution in [0.2, 0.25) is 0 Å². The molecule has 2 aromatic carbocycles. The second-order valence-electron chi connectivity index (χ2n) is 6.62. The Morgan fingerprint density at radius 3 is 2.18 bits per heavy atom. The van der Waals surface area contributed by atoms with Crippen molar-refractivity contribution in [1.29, 1.82) is 0 Å². The number of nitrogens with one attached hydrogen (secondary N) is 2. The summed E-state index contributed by atoms with van der Waals surface area (Å²) in [6.45, 7) is 0.618. The average Bonchev–Trinajstić information content (AvgIpc) is 3.23. The molecule has 2 aromatic rings. The number of amides is 2. The van der Waals surface area contributed by atoms with E-state index < -0.39 is 5.97 Å². The highest BCUT2D eigenvalue weighted by Crippen LogP contribution is 2.17. The molecule has 1 aliphatic heterocycles. The van der Waals surface area contributed by atoms with Gasteiger partial charge in [-0.25, -0.2) is 4.79 Å². The molecule has 1 heterocycles. The lowest BCUT2D eigenvalue weighted by Gasteiger charge is -2.11. The van der Waals surface area contributed by atoms with Crippen molar-refractivity contribution in [2.24, 2.45) is 0 Å². The van der Waals surface area contributed by atoms with Crippen molar-refractivity contribution in [1.82, 2.24) is 0 Å². The molecule has 0 saturated carbocycles. The summed E-state index contributed by atoms with van der Waals surface area (Å²) in [5.74, 6) is -1.26. The van der Waals surface area contributed by atoms with Crippen LogP contribution < -0.4 is 10.6 Å². The molecule has 28 heavy (non-hydrogen) atoms. The molecule has 146 valence electrons. The molecular weight excluding hydrogens is 360 g/mol. The van der Waals surface area contributed by atoms with Gasteiger partial charge in [0.2, 0.25) is 5.91 Å². The fraction of sp³-hybridized carbons (Fsp3) is 0.286. The van der Waals surface area contributed by atoms with Crippen LogP contribution in [-0.4, -0.2) is 35.6 Å². The third-order valence-electron chi connectivity index (χ3n) is 4.50. The van der Waals surface area contributed by atoms with Crippen LogP contribution in [0.1, 0.15) is 35.2 Å². The monoisotopic (exact) mass is 382 g/mol. The molecule has 1 atom stereocenters. The minimum atomic E-state index is -0.973. The van der Waals surface area contributed by atoms with Crippen molar-refractivity contribution in [2.75, 3.05) is 17.2 Å². The van der Waals surface area contributed by atoms with Crippen molar-refractivity contribution in [2.45, 2.75) is 31.8 Å². The molecule has 2 amide bonds. The van der Waals surface area contributed by atoms with E-state index in [0.29, 0.717) is 24.4 Å². The number of carboxylic acids is 1. The van der Waals surface area contributed by atoms with Crippen molar-refractivity contribution in [3.63, 3.8) is 0 Å². The highest BCUT2D eigenvalue weighted by atomic mass is 16.5. The standard InChI is InChI=1S/C21H22N2O5/c24-19(12-5-14-3-6-15(7-4-14)21(26)27)22-16-8-10-17(11-9-16)23-20(25)18-2-1-13-28-18/h3-4,6-11,18H,1-2,5,12-13H2,(H,22,24)(H,23,25)(H,26,27). The first-order chi connectivity index (χ1) is 13.5. The molecule has 1 unspecified atom stereocenters. The fourth-order valence-electron chi connectivity index (χ4n) is 2.94. The van der Waals surface area contributed by atoms with Crippen LogP contribution in [-0.2, 0) is 20.7 Å². The summed E-state index contributed by atoms with van der Waals surface area (Å²) in [7, 11) is 0. The third kappa shape index (κ3) is 5.40. The molecule has 1 aliphatic rings. The van der Waals surface area contributed by atoms with E-state index in [-0.39, 0.29) is 29.9 Å². The maximum absolute atomic E-state index is 12.1. The molecule has 1 fully saturated rings. The van der Waals surface area contributed by atoms with Crippen LogP contribution in [0.3, 0.4) is 0 Å². The smallest absolute Gasteiger partial charge is 0.335 e. The van der Waals surface area contributed by atoms with E-state index in [9.17, 15) is 14.4 Å². The van der Waals surface area contributed by atoms with Gasteiger partial charge in [0.25, 0.3) is 5.91 Å². The number of ether oxygens (including phenoxy) is 1. The van der Waals surface area contributed by atoms with Gasteiger partial charge in [-0.1, -0.05) is 12.1 Å². The molecule has 7 heteroatoms. The Hall–Kier alpha value is -3.19. The predicted molar refractivity (Wildman–Crippen MR) is 104 cm³/mol. The summed E-state index contributed by atoms with van der Waals surface area (Å²) >= 11 is 0. The van der Waals surface area contributed by atoms with Gasteiger partial charge in [-0.15, -0.1) is 0 Å². The molecule has 7 nitrogen and oxygen atoms in total. The second-order valence-corrected chi connectivity index (χ2v) is 6.62. The highest BCUT2D eigenvalue weighted by molar-refractivity contribution is 5.95. The van der Waals surface area contributed by atoms with E-state index >= 15 is 0 Å². The van der Waals surface area contributed by atoms with Gasteiger partial charge in [0.15, 0.2) is 0 Å². The number of carboxylic acid groups (broad SMARTS) is 1. The van der Waals surface area contributed by atoms with Gasteiger partial charge in [-0.05, 0) is 61.2 Å². The number of rotatable bonds is 7. The number of benzene rings is 2. The average molecular weight is 382 g/mol. The molecule has 0 spiro atoms. The Morgan fingerprint density at radius 2 is 1.61 bits per heavy atom. The van der Waals surface area contributed by atoms with Crippen molar-refractivity contribution in [3.05, 3.63) is 59.7 Å². The Labute approximate surface area is 162 Å². The minimum Gasteiger partial charge on any atom is -0.478 e. The topological polar surface area (TPSA) is 105 Å². The Bertz CT molecular complexity index is 840. The summed E-state index contributed by atoms with van der Waals surface area (Å²) in [4.78, 5) is 35.0. The summed E-state index contributed by atoms with van der Waals surface area (Å²) in [5, 5.41) is 14.5. The Morgan fingerprint density at radius 1 is 0.964 bits per heavy atom. The lowest BCUT2D eigenvalue weighted by atomic mass is 10.1. The molecular formula is C21H22N2O5. The number of carbonyl (C=O) groups excluding carboxylic acids is 2. The molecule has 3 rings (SSSR count). The lowest BCUT2D eigenvalue weighted by Crippen LogP contribution is -2.26. The van der Waals surface area contributed by atoms with Gasteiger partial charge in [-0.2, -0.15) is 0 Å². The van der Waals surface area contributed by atoms with Gasteiger partial charge in [0, 0.05) is 24.4 Å². The Balaban J connectivity index is 1.46. The maximum Gasteiger partial charge on any atom is 0.335 e. The first-order valence-electron chi connectivity index (χ1n) is 9.16. The molecule has 0 aliphatic carbocycles. The van der Waals surface area contributed by atoms with Gasteiger partial charge >= 0.3 is 5.97 Å². The van der Waals surface area contributed by atoms with Gasteiger partial charge < -0.3 is 20.5 Å². The normalized spacial score (nSPS) is 15.8. The molecule has 1 saturated heterocycles. The number of anilines is 2. The van der Waals surface area contributed by atoms with Gasteiger partial charge in [0.1, 0.15) is 6.10 Å². The van der Waals surface area contributed by atoms with E-state index in [4.69, 9.17) is 9.84 Å². The van der Waals surface area contributed by atoms with Gasteiger partial charge in [-0.3, -0.25) is 9.59 Å².